The van der Waals surface area contributed by atoms with E-state index in [4.69, 9.17) is 4.74 Å². The van der Waals surface area contributed by atoms with Gasteiger partial charge in [-0.1, -0.05) is 0 Å². The van der Waals surface area contributed by atoms with E-state index in [1.807, 2.05) is 0 Å². The Morgan fingerprint density at radius 3 is 1.16 bits per heavy atom. The largest absolute Gasteiger partial charge is 0.457 e. The maximum absolute atomic E-state index is 10.9. The maximum atomic E-state index is 10.9. The summed E-state index contributed by atoms with van der Waals surface area (Å²) in [5.41, 5.74) is -3.18. The number of nitro benzene ring substituents is 4. The van der Waals surface area contributed by atoms with Crippen LogP contribution >= 0.6 is 0 Å². The van der Waals surface area contributed by atoms with Gasteiger partial charge in [-0.25, -0.2) is 0 Å². The molecule has 0 aliphatic rings. The monoisotopic (exact) mass is 350 g/mol. The van der Waals surface area contributed by atoms with Crippen LogP contribution in [0.3, 0.4) is 0 Å². The molecular weight excluding hydrogens is 344 g/mol. The van der Waals surface area contributed by atoms with Crippen LogP contribution in [0.15, 0.2) is 36.4 Å². The smallest absolute Gasteiger partial charge is 0.349 e. The van der Waals surface area contributed by atoms with Gasteiger partial charge >= 0.3 is 22.7 Å². The third-order valence-corrected chi connectivity index (χ3v) is 2.92. The van der Waals surface area contributed by atoms with Gasteiger partial charge in [-0.3, -0.25) is 40.5 Å². The lowest BCUT2D eigenvalue weighted by molar-refractivity contribution is -0.422. The molecule has 0 fully saturated rings. The Labute approximate surface area is 136 Å². The fourth-order valence-electron chi connectivity index (χ4n) is 1.87. The summed E-state index contributed by atoms with van der Waals surface area (Å²) >= 11 is 0. The first-order valence-electron chi connectivity index (χ1n) is 6.24. The Hall–Kier alpha value is -4.16. The number of hydrogen-bond donors (Lipinski definition) is 0. The van der Waals surface area contributed by atoms with Crippen LogP contribution in [0, 0.1) is 40.5 Å². The topological polar surface area (TPSA) is 182 Å². The number of ether oxygens (including phenoxy) is 1. The van der Waals surface area contributed by atoms with Gasteiger partial charge in [0.1, 0.15) is 11.5 Å². The Bertz CT molecular complexity index is 838. The first-order valence-corrected chi connectivity index (χ1v) is 6.24. The minimum atomic E-state index is -0.983. The van der Waals surface area contributed by atoms with E-state index in [1.54, 1.807) is 0 Å². The van der Waals surface area contributed by atoms with Crippen molar-refractivity contribution in [2.24, 2.45) is 0 Å². The molecule has 25 heavy (non-hydrogen) atoms. The highest BCUT2D eigenvalue weighted by Gasteiger charge is 2.27. The average Bonchev–Trinajstić information content (AvgIpc) is 2.54. The Morgan fingerprint density at radius 1 is 0.560 bits per heavy atom. The predicted molar refractivity (Wildman–Crippen MR) is 79.6 cm³/mol. The summed E-state index contributed by atoms with van der Waals surface area (Å²) < 4.78 is 5.18. The second-order valence-corrected chi connectivity index (χ2v) is 4.43. The van der Waals surface area contributed by atoms with Crippen molar-refractivity contribution in [3.63, 3.8) is 0 Å². The number of nitrogens with zero attached hydrogens (tertiary/aromatic N) is 4. The van der Waals surface area contributed by atoms with Crippen LogP contribution in [0.4, 0.5) is 22.7 Å². The zero-order valence-electron chi connectivity index (χ0n) is 11.9. The molecule has 0 aliphatic heterocycles. The summed E-state index contributed by atoms with van der Waals surface area (Å²) in [6.45, 7) is 0. The molecule has 0 saturated carbocycles. The van der Waals surface area contributed by atoms with Gasteiger partial charge in [-0.2, -0.15) is 0 Å². The molecule has 0 aromatic heterocycles. The van der Waals surface area contributed by atoms with Crippen LogP contribution in [-0.4, -0.2) is 19.7 Å². The van der Waals surface area contributed by atoms with E-state index >= 15 is 0 Å². The van der Waals surface area contributed by atoms with Crippen molar-refractivity contribution in [1.29, 1.82) is 0 Å². The second-order valence-electron chi connectivity index (χ2n) is 4.43. The summed E-state index contributed by atoms with van der Waals surface area (Å²) in [6.07, 6.45) is 0. The average molecular weight is 350 g/mol. The van der Waals surface area contributed by atoms with Gasteiger partial charge in [0.2, 0.25) is 0 Å². The van der Waals surface area contributed by atoms with Gasteiger partial charge in [0.25, 0.3) is 0 Å². The lowest BCUT2D eigenvalue weighted by atomic mass is 10.2. The van der Waals surface area contributed by atoms with Gasteiger partial charge in [0.05, 0.1) is 31.8 Å². The third kappa shape index (κ3) is 3.61. The Morgan fingerprint density at radius 2 is 0.880 bits per heavy atom. The van der Waals surface area contributed by atoms with Gasteiger partial charge in [0, 0.05) is 12.1 Å². The van der Waals surface area contributed by atoms with E-state index in [-0.39, 0.29) is 11.5 Å². The minimum absolute atomic E-state index is 0.208. The van der Waals surface area contributed by atoms with Crippen molar-refractivity contribution >= 4 is 22.7 Å². The lowest BCUT2D eigenvalue weighted by Crippen LogP contribution is -1.98. The molecule has 2 aromatic carbocycles. The normalized spacial score (nSPS) is 10.1. The summed E-state index contributed by atoms with van der Waals surface area (Å²) in [5.74, 6) is -0.416. The fourth-order valence-corrected chi connectivity index (χ4v) is 1.87. The van der Waals surface area contributed by atoms with E-state index in [0.29, 0.717) is 0 Å². The minimum Gasteiger partial charge on any atom is -0.457 e. The van der Waals surface area contributed by atoms with Crippen LogP contribution in [0.1, 0.15) is 0 Å². The quantitative estimate of drug-likeness (QED) is 0.558. The highest BCUT2D eigenvalue weighted by atomic mass is 16.6. The van der Waals surface area contributed by atoms with E-state index in [0.717, 1.165) is 36.4 Å². The van der Waals surface area contributed by atoms with Crippen molar-refractivity contribution < 1.29 is 24.4 Å². The molecular formula is C12H6N4O9. The standard InChI is InChI=1S/C12H6N4O9/c17-13(18)9-3-1-7(5-11(9)15(21)22)25-8-2-4-10(14(19)20)12(6-8)16(23)24/h1-6H. The molecule has 0 spiro atoms. The van der Waals surface area contributed by atoms with E-state index in [2.05, 4.69) is 0 Å². The highest BCUT2D eigenvalue weighted by Crippen LogP contribution is 2.35. The number of benzene rings is 2. The number of rotatable bonds is 6. The van der Waals surface area contributed by atoms with Crippen LogP contribution in [-0.2, 0) is 0 Å². The van der Waals surface area contributed by atoms with E-state index in [1.165, 1.54) is 0 Å². The predicted octanol–water partition coefficient (Wildman–Crippen LogP) is 3.11. The van der Waals surface area contributed by atoms with Gasteiger partial charge in [-0.15, -0.1) is 0 Å². The fraction of sp³-hybridized carbons (Fsp3) is 0. The number of nitro groups is 4. The molecule has 0 bridgehead atoms. The Balaban J connectivity index is 2.43. The van der Waals surface area contributed by atoms with Crippen molar-refractivity contribution in [1.82, 2.24) is 0 Å². The first kappa shape index (κ1) is 17.2. The van der Waals surface area contributed by atoms with E-state index < -0.39 is 42.4 Å². The van der Waals surface area contributed by atoms with Gasteiger partial charge in [0.15, 0.2) is 0 Å². The number of hydrogen-bond acceptors (Lipinski definition) is 9. The first-order chi connectivity index (χ1) is 11.7. The van der Waals surface area contributed by atoms with Crippen LogP contribution in [0.25, 0.3) is 0 Å². The zero-order chi connectivity index (χ0) is 18.7. The molecule has 128 valence electrons. The van der Waals surface area contributed by atoms with Crippen molar-refractivity contribution in [3.8, 4) is 11.5 Å². The summed E-state index contributed by atoms with van der Waals surface area (Å²) in [6, 6.07) is 5.33. The molecule has 0 amide bonds. The molecule has 0 saturated heterocycles. The molecule has 0 N–H and O–H groups in total. The van der Waals surface area contributed by atoms with Gasteiger partial charge < -0.3 is 4.74 Å². The lowest BCUT2D eigenvalue weighted by Gasteiger charge is -2.05. The summed E-state index contributed by atoms with van der Waals surface area (Å²) in [5, 5.41) is 43.2. The summed E-state index contributed by atoms with van der Waals surface area (Å²) in [7, 11) is 0. The second kappa shape index (κ2) is 6.53. The molecule has 0 heterocycles. The van der Waals surface area contributed by atoms with Gasteiger partial charge in [-0.05, 0) is 12.1 Å². The SMILES string of the molecule is O=[N+]([O-])c1ccc(Oc2ccc([N+](=O)[O-])c([N+](=O)[O-])c2)cc1[N+](=O)[O-]. The van der Waals surface area contributed by atoms with Crippen molar-refractivity contribution in [2.75, 3.05) is 0 Å². The van der Waals surface area contributed by atoms with Crippen molar-refractivity contribution in [3.05, 3.63) is 76.9 Å². The van der Waals surface area contributed by atoms with Crippen LogP contribution < -0.4 is 4.74 Å². The van der Waals surface area contributed by atoms with Crippen LogP contribution in [0.2, 0.25) is 0 Å². The molecule has 0 unspecified atom stereocenters. The molecule has 0 aliphatic carbocycles. The zero-order valence-corrected chi connectivity index (χ0v) is 11.9. The Kier molecular flexibility index (Phi) is 4.49. The van der Waals surface area contributed by atoms with Crippen molar-refractivity contribution in [2.45, 2.75) is 0 Å². The van der Waals surface area contributed by atoms with E-state index in [9.17, 15) is 40.5 Å². The molecule has 13 nitrogen and oxygen atoms in total. The third-order valence-electron chi connectivity index (χ3n) is 2.92. The summed E-state index contributed by atoms with van der Waals surface area (Å²) in [4.78, 5) is 39.4. The molecule has 2 aromatic rings. The molecule has 0 radical (unpaired) electrons. The van der Waals surface area contributed by atoms with Crippen LogP contribution in [0.5, 0.6) is 11.5 Å². The molecule has 13 heteroatoms. The molecule has 0 atom stereocenters. The maximum Gasteiger partial charge on any atom is 0.349 e. The molecule has 2 rings (SSSR count). The highest BCUT2D eigenvalue weighted by molar-refractivity contribution is 5.58.